The Morgan fingerprint density at radius 1 is 1.15 bits per heavy atom. The first-order valence-corrected chi connectivity index (χ1v) is 5.73. The summed E-state index contributed by atoms with van der Waals surface area (Å²) in [5, 5.41) is 13.0. The summed E-state index contributed by atoms with van der Waals surface area (Å²) < 4.78 is 0. The lowest BCUT2D eigenvalue weighted by Gasteiger charge is -2.38. The van der Waals surface area contributed by atoms with Gasteiger partial charge in [0, 0.05) is 5.54 Å². The molecule has 13 heavy (non-hydrogen) atoms. The van der Waals surface area contributed by atoms with Crippen LogP contribution in [0.3, 0.4) is 0 Å². The molecule has 1 saturated heterocycles. The molecule has 0 spiro atoms. The Labute approximate surface area is 80.7 Å². The lowest BCUT2D eigenvalue weighted by molar-refractivity contribution is 0.0971. The number of rotatable bonds is 2. The lowest BCUT2D eigenvalue weighted by atomic mass is 9.74. The van der Waals surface area contributed by atoms with Gasteiger partial charge in [-0.1, -0.05) is 19.3 Å². The van der Waals surface area contributed by atoms with Crippen LogP contribution in [0.4, 0.5) is 0 Å². The van der Waals surface area contributed by atoms with Crippen molar-refractivity contribution in [1.29, 1.82) is 0 Å². The molecular formula is C11H21NO. The highest BCUT2D eigenvalue weighted by molar-refractivity contribution is 4.98. The van der Waals surface area contributed by atoms with E-state index in [1.54, 1.807) is 0 Å². The summed E-state index contributed by atoms with van der Waals surface area (Å²) in [6.07, 6.45) is 9.23. The molecule has 2 rings (SSSR count). The summed E-state index contributed by atoms with van der Waals surface area (Å²) in [4.78, 5) is 0. The smallest absolute Gasteiger partial charge is 0.0616 e. The minimum Gasteiger partial charge on any atom is -0.394 e. The van der Waals surface area contributed by atoms with Crippen LogP contribution in [0, 0.1) is 5.92 Å². The second kappa shape index (κ2) is 3.97. The quantitative estimate of drug-likeness (QED) is 0.682. The van der Waals surface area contributed by atoms with E-state index in [-0.39, 0.29) is 5.54 Å². The van der Waals surface area contributed by atoms with E-state index in [2.05, 4.69) is 5.32 Å². The molecule has 2 aliphatic rings. The standard InChI is InChI=1S/C11H21NO/c13-9-11(7-4-8-12-11)10-5-2-1-3-6-10/h10,12-13H,1-9H2. The van der Waals surface area contributed by atoms with Gasteiger partial charge in [-0.25, -0.2) is 0 Å². The molecule has 1 aliphatic carbocycles. The van der Waals surface area contributed by atoms with E-state index in [1.165, 1.54) is 44.9 Å². The fraction of sp³-hybridized carbons (Fsp3) is 1.00. The Morgan fingerprint density at radius 2 is 1.92 bits per heavy atom. The van der Waals surface area contributed by atoms with Crippen molar-refractivity contribution < 1.29 is 5.11 Å². The fourth-order valence-electron chi connectivity index (χ4n) is 3.10. The highest BCUT2D eigenvalue weighted by atomic mass is 16.3. The molecule has 2 fully saturated rings. The average molecular weight is 183 g/mol. The van der Waals surface area contributed by atoms with Gasteiger partial charge in [-0.05, 0) is 38.1 Å². The largest absolute Gasteiger partial charge is 0.394 e. The molecule has 1 unspecified atom stereocenters. The van der Waals surface area contributed by atoms with Crippen molar-refractivity contribution in [2.45, 2.75) is 50.5 Å². The molecule has 0 aromatic heterocycles. The number of nitrogens with one attached hydrogen (secondary N) is 1. The zero-order chi connectivity index (χ0) is 9.15. The summed E-state index contributed by atoms with van der Waals surface area (Å²) in [7, 11) is 0. The Hall–Kier alpha value is -0.0800. The monoisotopic (exact) mass is 183 g/mol. The van der Waals surface area contributed by atoms with Crippen LogP contribution < -0.4 is 5.32 Å². The molecule has 0 bridgehead atoms. The second-order valence-corrected chi connectivity index (χ2v) is 4.68. The minimum absolute atomic E-state index is 0.112. The molecule has 2 nitrogen and oxygen atoms in total. The van der Waals surface area contributed by atoms with Gasteiger partial charge in [0.05, 0.1) is 6.61 Å². The van der Waals surface area contributed by atoms with Gasteiger partial charge in [-0.2, -0.15) is 0 Å². The number of aliphatic hydroxyl groups is 1. The topological polar surface area (TPSA) is 32.3 Å². The first-order valence-electron chi connectivity index (χ1n) is 5.73. The zero-order valence-electron chi connectivity index (χ0n) is 8.39. The van der Waals surface area contributed by atoms with Crippen molar-refractivity contribution in [3.63, 3.8) is 0 Å². The number of aliphatic hydroxyl groups excluding tert-OH is 1. The van der Waals surface area contributed by atoms with Gasteiger partial charge in [0.25, 0.3) is 0 Å². The summed E-state index contributed by atoms with van der Waals surface area (Å²) in [6, 6.07) is 0. The molecule has 1 saturated carbocycles. The highest BCUT2D eigenvalue weighted by Gasteiger charge is 2.40. The Bertz CT molecular complexity index is 157. The van der Waals surface area contributed by atoms with E-state index in [0.717, 1.165) is 12.5 Å². The number of hydrogen-bond donors (Lipinski definition) is 2. The van der Waals surface area contributed by atoms with Gasteiger partial charge in [0.2, 0.25) is 0 Å². The maximum absolute atomic E-state index is 9.51. The first kappa shape index (κ1) is 9.47. The lowest BCUT2D eigenvalue weighted by Crippen LogP contribution is -2.50. The van der Waals surface area contributed by atoms with E-state index in [4.69, 9.17) is 0 Å². The molecule has 2 heteroatoms. The molecule has 1 atom stereocenters. The first-order chi connectivity index (χ1) is 6.37. The van der Waals surface area contributed by atoms with Crippen molar-refractivity contribution in [2.24, 2.45) is 5.92 Å². The minimum atomic E-state index is 0.112. The predicted octanol–water partition coefficient (Wildman–Crippen LogP) is 1.68. The Kier molecular flexibility index (Phi) is 2.89. The highest BCUT2D eigenvalue weighted by Crippen LogP contribution is 2.37. The van der Waals surface area contributed by atoms with Crippen LogP contribution in [-0.2, 0) is 0 Å². The molecular weight excluding hydrogens is 162 g/mol. The summed E-state index contributed by atoms with van der Waals surface area (Å²) >= 11 is 0. The van der Waals surface area contributed by atoms with Gasteiger partial charge in [0.15, 0.2) is 0 Å². The summed E-state index contributed by atoms with van der Waals surface area (Å²) in [5.74, 6) is 0.744. The molecule has 1 heterocycles. The van der Waals surface area contributed by atoms with E-state index < -0.39 is 0 Å². The van der Waals surface area contributed by atoms with Crippen LogP contribution in [-0.4, -0.2) is 23.8 Å². The van der Waals surface area contributed by atoms with Crippen LogP contribution in [0.5, 0.6) is 0 Å². The van der Waals surface area contributed by atoms with Gasteiger partial charge in [0.1, 0.15) is 0 Å². The van der Waals surface area contributed by atoms with Gasteiger partial charge in [-0.15, -0.1) is 0 Å². The van der Waals surface area contributed by atoms with Crippen LogP contribution in [0.1, 0.15) is 44.9 Å². The van der Waals surface area contributed by atoms with Crippen LogP contribution in [0.25, 0.3) is 0 Å². The predicted molar refractivity (Wildman–Crippen MR) is 53.6 cm³/mol. The van der Waals surface area contributed by atoms with Crippen molar-refractivity contribution in [1.82, 2.24) is 5.32 Å². The van der Waals surface area contributed by atoms with Gasteiger partial charge < -0.3 is 10.4 Å². The van der Waals surface area contributed by atoms with Gasteiger partial charge in [-0.3, -0.25) is 0 Å². The third kappa shape index (κ3) is 1.75. The van der Waals surface area contributed by atoms with Crippen molar-refractivity contribution in [3.8, 4) is 0 Å². The maximum Gasteiger partial charge on any atom is 0.0616 e. The van der Waals surface area contributed by atoms with Crippen molar-refractivity contribution >= 4 is 0 Å². The van der Waals surface area contributed by atoms with Crippen molar-refractivity contribution in [3.05, 3.63) is 0 Å². The summed E-state index contributed by atoms with van der Waals surface area (Å²) in [6.45, 7) is 1.45. The molecule has 0 aromatic carbocycles. The number of hydrogen-bond acceptors (Lipinski definition) is 2. The third-order valence-electron chi connectivity index (χ3n) is 3.95. The van der Waals surface area contributed by atoms with E-state index >= 15 is 0 Å². The molecule has 76 valence electrons. The molecule has 2 N–H and O–H groups in total. The maximum atomic E-state index is 9.51. The van der Waals surface area contributed by atoms with E-state index in [1.807, 2.05) is 0 Å². The molecule has 0 aromatic rings. The second-order valence-electron chi connectivity index (χ2n) is 4.68. The third-order valence-corrected chi connectivity index (χ3v) is 3.95. The van der Waals surface area contributed by atoms with E-state index in [9.17, 15) is 5.11 Å². The fourth-order valence-corrected chi connectivity index (χ4v) is 3.10. The Balaban J connectivity index is 2.01. The van der Waals surface area contributed by atoms with Gasteiger partial charge >= 0.3 is 0 Å². The average Bonchev–Trinajstić information content (AvgIpc) is 2.69. The van der Waals surface area contributed by atoms with Crippen molar-refractivity contribution in [2.75, 3.05) is 13.2 Å². The SMILES string of the molecule is OCC1(C2CCCCC2)CCCN1. The molecule has 1 aliphatic heterocycles. The summed E-state index contributed by atoms with van der Waals surface area (Å²) in [5.41, 5.74) is 0.112. The van der Waals surface area contributed by atoms with Crippen LogP contribution >= 0.6 is 0 Å². The normalized spacial score (nSPS) is 36.7. The van der Waals surface area contributed by atoms with E-state index in [0.29, 0.717) is 6.61 Å². The van der Waals surface area contributed by atoms with Crippen LogP contribution in [0.2, 0.25) is 0 Å². The van der Waals surface area contributed by atoms with Crippen LogP contribution in [0.15, 0.2) is 0 Å². The Morgan fingerprint density at radius 3 is 2.46 bits per heavy atom. The zero-order valence-corrected chi connectivity index (χ0v) is 8.39. The molecule has 0 radical (unpaired) electrons. The molecule has 0 amide bonds.